The van der Waals surface area contributed by atoms with Gasteiger partial charge in [-0.05, 0) is 111 Å². The standard InChI is InChI=1S/C51H32N2O2/c54-49-38-31-34-15-7-8-16-35(34)32-39(38)50(55)40(49)29-33-27-28-48-44(30-33)51(43-23-11-14-26-47(43)53(48)37-19-5-2-6-20-37)41-21-9-12-24-45(41)52(36-17-3-1-4-18-36)46-25-13-10-22-42(46)51/h1-32H. The maximum atomic E-state index is 14.0. The van der Waals surface area contributed by atoms with E-state index in [1.807, 2.05) is 48.5 Å². The minimum absolute atomic E-state index is 0.190. The van der Waals surface area contributed by atoms with Crippen LogP contribution in [0.15, 0.2) is 194 Å². The zero-order valence-corrected chi connectivity index (χ0v) is 29.7. The second-order valence-corrected chi connectivity index (χ2v) is 14.4. The second-order valence-electron chi connectivity index (χ2n) is 14.4. The zero-order valence-electron chi connectivity index (χ0n) is 29.7. The van der Waals surface area contributed by atoms with E-state index < -0.39 is 5.41 Å². The van der Waals surface area contributed by atoms with Gasteiger partial charge in [-0.25, -0.2) is 0 Å². The molecule has 0 aromatic heterocycles. The fourth-order valence-corrected chi connectivity index (χ4v) is 9.24. The summed E-state index contributed by atoms with van der Waals surface area (Å²) in [5, 5.41) is 1.89. The van der Waals surface area contributed by atoms with E-state index in [2.05, 4.69) is 149 Å². The number of hydrogen-bond acceptors (Lipinski definition) is 4. The minimum Gasteiger partial charge on any atom is -0.310 e. The quantitative estimate of drug-likeness (QED) is 0.136. The molecule has 55 heavy (non-hydrogen) atoms. The second kappa shape index (κ2) is 11.9. The Bertz CT molecular complexity index is 2770. The van der Waals surface area contributed by atoms with Crippen LogP contribution in [-0.2, 0) is 5.41 Å². The van der Waals surface area contributed by atoms with Gasteiger partial charge in [0.25, 0.3) is 0 Å². The third kappa shape index (κ3) is 4.40. The van der Waals surface area contributed by atoms with Crippen LogP contribution in [0.5, 0.6) is 0 Å². The highest BCUT2D eigenvalue weighted by Gasteiger charge is 2.52. The smallest absolute Gasteiger partial charge is 0.197 e. The summed E-state index contributed by atoms with van der Waals surface area (Å²) >= 11 is 0. The highest BCUT2D eigenvalue weighted by molar-refractivity contribution is 6.42. The van der Waals surface area contributed by atoms with E-state index in [9.17, 15) is 9.59 Å². The molecule has 0 saturated heterocycles. The highest BCUT2D eigenvalue weighted by Crippen LogP contribution is 2.64. The van der Waals surface area contributed by atoms with Gasteiger partial charge in [0.1, 0.15) is 0 Å². The van der Waals surface area contributed by atoms with Crippen molar-refractivity contribution in [1.82, 2.24) is 0 Å². The lowest BCUT2D eigenvalue weighted by molar-refractivity contribution is 0.0990. The average molecular weight is 705 g/mol. The van der Waals surface area contributed by atoms with Crippen LogP contribution in [0.4, 0.5) is 34.1 Å². The van der Waals surface area contributed by atoms with E-state index in [0.29, 0.717) is 11.1 Å². The van der Waals surface area contributed by atoms with Crippen LogP contribution < -0.4 is 9.80 Å². The van der Waals surface area contributed by atoms with Crippen molar-refractivity contribution in [1.29, 1.82) is 0 Å². The molecule has 8 aromatic carbocycles. The Morgan fingerprint density at radius 3 is 1.25 bits per heavy atom. The molecule has 0 unspecified atom stereocenters. The number of fused-ring (bicyclic) bond motifs is 10. The average Bonchev–Trinajstić information content (AvgIpc) is 3.47. The topological polar surface area (TPSA) is 40.6 Å². The molecule has 4 heteroatoms. The Morgan fingerprint density at radius 1 is 0.382 bits per heavy atom. The number of anilines is 6. The Morgan fingerprint density at radius 2 is 0.782 bits per heavy atom. The molecule has 258 valence electrons. The number of nitrogens with zero attached hydrogens (tertiary/aromatic N) is 2. The van der Waals surface area contributed by atoms with Gasteiger partial charge in [0, 0.05) is 22.5 Å². The predicted molar refractivity (Wildman–Crippen MR) is 222 cm³/mol. The van der Waals surface area contributed by atoms with Gasteiger partial charge >= 0.3 is 0 Å². The van der Waals surface area contributed by atoms with E-state index in [1.54, 1.807) is 6.08 Å². The van der Waals surface area contributed by atoms with Crippen molar-refractivity contribution in [2.75, 3.05) is 9.80 Å². The number of benzene rings is 8. The molecule has 0 radical (unpaired) electrons. The third-order valence-corrected chi connectivity index (χ3v) is 11.5. The van der Waals surface area contributed by atoms with Gasteiger partial charge in [-0.2, -0.15) is 0 Å². The third-order valence-electron chi connectivity index (χ3n) is 11.5. The van der Waals surface area contributed by atoms with Gasteiger partial charge in [0.05, 0.1) is 33.7 Å². The Kier molecular flexibility index (Phi) is 6.74. The molecule has 0 saturated carbocycles. The predicted octanol–water partition coefficient (Wildman–Crippen LogP) is 12.3. The van der Waals surface area contributed by atoms with Crippen molar-refractivity contribution >= 4 is 62.5 Å². The van der Waals surface area contributed by atoms with Crippen molar-refractivity contribution in [3.63, 3.8) is 0 Å². The lowest BCUT2D eigenvalue weighted by Crippen LogP contribution is -2.42. The first-order valence-corrected chi connectivity index (χ1v) is 18.6. The summed E-state index contributed by atoms with van der Waals surface area (Å²) in [7, 11) is 0. The molecule has 0 fully saturated rings. The lowest BCUT2D eigenvalue weighted by Gasteiger charge is -2.51. The summed E-state index contributed by atoms with van der Waals surface area (Å²) in [4.78, 5) is 32.8. The van der Waals surface area contributed by atoms with E-state index in [-0.39, 0.29) is 17.1 Å². The maximum Gasteiger partial charge on any atom is 0.197 e. The van der Waals surface area contributed by atoms with Gasteiger partial charge in [-0.15, -0.1) is 0 Å². The van der Waals surface area contributed by atoms with Crippen LogP contribution in [0.3, 0.4) is 0 Å². The fraction of sp³-hybridized carbons (Fsp3) is 0.0196. The number of ketones is 2. The SMILES string of the molecule is O=C1C(=Cc2ccc3c(c2)C2(c4ccccc4N(c4ccccc4)c4ccccc42)c2ccccc2N3c2ccccc2)C(=O)c2cc3ccccc3cc21. The normalized spacial score (nSPS) is 14.7. The monoisotopic (exact) mass is 704 g/mol. The van der Waals surface area contributed by atoms with Crippen LogP contribution in [0.1, 0.15) is 48.5 Å². The zero-order chi connectivity index (χ0) is 36.7. The van der Waals surface area contributed by atoms with Crippen LogP contribution in [0.2, 0.25) is 0 Å². The summed E-state index contributed by atoms with van der Waals surface area (Å²) in [5.41, 5.74) is 12.1. The van der Waals surface area contributed by atoms with Gasteiger partial charge < -0.3 is 9.80 Å². The molecule has 0 N–H and O–H groups in total. The van der Waals surface area contributed by atoms with Gasteiger partial charge in [-0.3, -0.25) is 9.59 Å². The van der Waals surface area contributed by atoms with Gasteiger partial charge in [-0.1, -0.05) is 121 Å². The van der Waals surface area contributed by atoms with E-state index in [1.165, 1.54) is 0 Å². The number of rotatable bonds is 3. The summed E-state index contributed by atoms with van der Waals surface area (Å²) in [6.45, 7) is 0. The van der Waals surface area contributed by atoms with Gasteiger partial charge in [0.2, 0.25) is 0 Å². The molecular formula is C51H32N2O2. The summed E-state index contributed by atoms with van der Waals surface area (Å²) in [6.07, 6.45) is 1.80. The first-order chi connectivity index (χ1) is 27.1. The first kappa shape index (κ1) is 31.2. The van der Waals surface area contributed by atoms with E-state index in [0.717, 1.165) is 72.7 Å². The Hall–Kier alpha value is -7.30. The number of hydrogen-bond donors (Lipinski definition) is 0. The van der Waals surface area contributed by atoms with Crippen LogP contribution in [-0.4, -0.2) is 11.6 Å². The Balaban J connectivity index is 1.20. The number of Topliss-reactive ketones (excluding diaryl/α,β-unsaturated/α-hetero) is 2. The summed E-state index contributed by atoms with van der Waals surface area (Å²) < 4.78 is 0. The molecule has 3 aliphatic rings. The number of carbonyl (C=O) groups is 2. The van der Waals surface area contributed by atoms with Crippen molar-refractivity contribution in [2.45, 2.75) is 5.41 Å². The van der Waals surface area contributed by atoms with Crippen molar-refractivity contribution in [3.05, 3.63) is 233 Å². The Labute approximate surface area is 318 Å². The lowest BCUT2D eigenvalue weighted by atomic mass is 9.60. The molecular weight excluding hydrogens is 673 g/mol. The molecule has 0 atom stereocenters. The molecule has 2 aliphatic heterocycles. The molecule has 8 aromatic rings. The van der Waals surface area contributed by atoms with Crippen molar-refractivity contribution in [2.24, 2.45) is 0 Å². The largest absolute Gasteiger partial charge is 0.310 e. The molecule has 0 amide bonds. The van der Waals surface area contributed by atoms with E-state index >= 15 is 0 Å². The minimum atomic E-state index is -0.755. The molecule has 2 heterocycles. The first-order valence-electron chi connectivity index (χ1n) is 18.6. The molecule has 0 bridgehead atoms. The number of allylic oxidation sites excluding steroid dienone is 1. The number of carbonyl (C=O) groups excluding carboxylic acids is 2. The summed E-state index contributed by atoms with van der Waals surface area (Å²) in [6, 6.07) is 65.2. The molecule has 1 spiro atoms. The van der Waals surface area contributed by atoms with Crippen LogP contribution in [0.25, 0.3) is 16.8 Å². The van der Waals surface area contributed by atoms with E-state index in [4.69, 9.17) is 0 Å². The maximum absolute atomic E-state index is 14.0. The molecule has 1 aliphatic carbocycles. The number of para-hydroxylation sites is 5. The summed E-state index contributed by atoms with van der Waals surface area (Å²) in [5.74, 6) is -0.470. The molecule has 4 nitrogen and oxygen atoms in total. The van der Waals surface area contributed by atoms with Gasteiger partial charge in [0.15, 0.2) is 11.6 Å². The van der Waals surface area contributed by atoms with Crippen molar-refractivity contribution in [3.8, 4) is 0 Å². The highest BCUT2D eigenvalue weighted by atomic mass is 16.2. The molecule has 11 rings (SSSR count). The van der Waals surface area contributed by atoms with Crippen LogP contribution in [0, 0.1) is 0 Å². The van der Waals surface area contributed by atoms with Crippen LogP contribution >= 0.6 is 0 Å². The van der Waals surface area contributed by atoms with Crippen molar-refractivity contribution < 1.29 is 9.59 Å². The fourth-order valence-electron chi connectivity index (χ4n) is 9.24.